The Balaban J connectivity index is 2.17. The number of hydrazone groups is 1. The van der Waals surface area contributed by atoms with Gasteiger partial charge in [-0.05, 0) is 18.2 Å². The fourth-order valence-corrected chi connectivity index (χ4v) is 2.44. The van der Waals surface area contributed by atoms with E-state index in [-0.39, 0.29) is 12.5 Å². The first kappa shape index (κ1) is 12.9. The molecular formula is C15H12BrN3O. The third-order valence-corrected chi connectivity index (χ3v) is 3.48. The van der Waals surface area contributed by atoms with Gasteiger partial charge in [-0.25, -0.2) is 0 Å². The van der Waals surface area contributed by atoms with Crippen molar-refractivity contribution in [2.45, 2.75) is 0 Å². The van der Waals surface area contributed by atoms with Crippen LogP contribution in [0.25, 0.3) is 0 Å². The molecule has 0 aromatic heterocycles. The number of hydrogen-bond donors (Lipinski definition) is 2. The van der Waals surface area contributed by atoms with Crippen molar-refractivity contribution in [2.24, 2.45) is 5.10 Å². The smallest absolute Gasteiger partial charge is 0.245 e. The van der Waals surface area contributed by atoms with Crippen LogP contribution < -0.4 is 10.7 Å². The van der Waals surface area contributed by atoms with Gasteiger partial charge in [0.05, 0.1) is 11.4 Å². The summed E-state index contributed by atoms with van der Waals surface area (Å²) in [5.41, 5.74) is 6.26. The molecule has 100 valence electrons. The number of carbonyl (C=O) groups excluding carboxylic acids is 1. The van der Waals surface area contributed by atoms with E-state index in [4.69, 9.17) is 0 Å². The van der Waals surface area contributed by atoms with E-state index >= 15 is 0 Å². The summed E-state index contributed by atoms with van der Waals surface area (Å²) >= 11 is 3.46. The maximum absolute atomic E-state index is 11.7. The van der Waals surface area contributed by atoms with Crippen LogP contribution in [0.4, 0.5) is 5.69 Å². The van der Waals surface area contributed by atoms with Crippen LogP contribution in [-0.2, 0) is 4.79 Å². The van der Waals surface area contributed by atoms with Crippen molar-refractivity contribution in [3.63, 3.8) is 0 Å². The molecule has 1 heterocycles. The molecule has 1 amide bonds. The molecule has 0 saturated carbocycles. The van der Waals surface area contributed by atoms with Gasteiger partial charge in [0.2, 0.25) is 5.91 Å². The average molecular weight is 330 g/mol. The van der Waals surface area contributed by atoms with Gasteiger partial charge in [-0.3, -0.25) is 4.79 Å². The third kappa shape index (κ3) is 2.58. The van der Waals surface area contributed by atoms with Crippen LogP contribution in [0.15, 0.2) is 58.1 Å². The van der Waals surface area contributed by atoms with Gasteiger partial charge in [-0.2, -0.15) is 5.10 Å². The number of benzene rings is 2. The van der Waals surface area contributed by atoms with Gasteiger partial charge in [0, 0.05) is 15.6 Å². The Kier molecular flexibility index (Phi) is 3.52. The van der Waals surface area contributed by atoms with Gasteiger partial charge in [-0.1, -0.05) is 46.3 Å². The molecule has 4 nitrogen and oxygen atoms in total. The Morgan fingerprint density at radius 3 is 2.70 bits per heavy atom. The fourth-order valence-electron chi connectivity index (χ4n) is 2.08. The molecule has 2 aromatic carbocycles. The minimum Gasteiger partial charge on any atom is -0.324 e. The van der Waals surface area contributed by atoms with E-state index in [0.717, 1.165) is 27.0 Å². The van der Waals surface area contributed by atoms with Gasteiger partial charge in [0.25, 0.3) is 0 Å². The topological polar surface area (TPSA) is 53.5 Å². The Bertz CT molecular complexity index is 683. The summed E-state index contributed by atoms with van der Waals surface area (Å²) in [4.78, 5) is 11.7. The molecule has 0 saturated heterocycles. The average Bonchev–Trinajstić information content (AvgIpc) is 2.45. The minimum absolute atomic E-state index is 0.107. The van der Waals surface area contributed by atoms with E-state index in [1.165, 1.54) is 0 Å². The molecule has 0 fully saturated rings. The van der Waals surface area contributed by atoms with E-state index in [9.17, 15) is 4.79 Å². The predicted molar refractivity (Wildman–Crippen MR) is 82.9 cm³/mol. The Morgan fingerprint density at radius 1 is 1.10 bits per heavy atom. The highest BCUT2D eigenvalue weighted by atomic mass is 79.9. The highest BCUT2D eigenvalue weighted by Gasteiger charge is 2.16. The molecule has 0 spiro atoms. The van der Waals surface area contributed by atoms with Crippen LogP contribution in [0.3, 0.4) is 0 Å². The number of carbonyl (C=O) groups is 1. The van der Waals surface area contributed by atoms with Crippen LogP contribution in [0.1, 0.15) is 11.1 Å². The van der Waals surface area contributed by atoms with Crippen molar-refractivity contribution in [3.05, 3.63) is 64.1 Å². The van der Waals surface area contributed by atoms with Crippen molar-refractivity contribution in [1.82, 2.24) is 5.43 Å². The third-order valence-electron chi connectivity index (χ3n) is 2.99. The van der Waals surface area contributed by atoms with E-state index in [0.29, 0.717) is 0 Å². The summed E-state index contributed by atoms with van der Waals surface area (Å²) in [6, 6.07) is 15.6. The standard InChI is InChI=1S/C15H12BrN3O/c16-11-6-7-13-12(8-11)15(10-4-2-1-3-5-10)19-17-9-14(20)18-13/h1-8,17H,9H2,(H,18,20)/b19-15-. The lowest BCUT2D eigenvalue weighted by molar-refractivity contribution is -0.115. The van der Waals surface area contributed by atoms with Crippen molar-refractivity contribution < 1.29 is 4.79 Å². The second kappa shape index (κ2) is 5.46. The van der Waals surface area contributed by atoms with Crippen molar-refractivity contribution in [1.29, 1.82) is 0 Å². The zero-order chi connectivity index (χ0) is 13.9. The molecule has 2 aromatic rings. The van der Waals surface area contributed by atoms with Crippen molar-refractivity contribution >= 4 is 33.2 Å². The molecule has 2 N–H and O–H groups in total. The molecule has 0 unspecified atom stereocenters. The van der Waals surface area contributed by atoms with E-state index in [2.05, 4.69) is 31.8 Å². The van der Waals surface area contributed by atoms with E-state index in [1.54, 1.807) is 0 Å². The maximum atomic E-state index is 11.7. The quantitative estimate of drug-likeness (QED) is 0.845. The SMILES string of the molecule is O=C1CN/N=C(/c2ccccc2)c2cc(Br)ccc2N1. The Hall–Kier alpha value is -2.14. The van der Waals surface area contributed by atoms with Crippen LogP contribution in [0.5, 0.6) is 0 Å². The molecule has 1 aliphatic heterocycles. The van der Waals surface area contributed by atoms with Crippen LogP contribution in [-0.4, -0.2) is 18.2 Å². The number of nitrogens with zero attached hydrogens (tertiary/aromatic N) is 1. The predicted octanol–water partition coefficient (Wildman–Crippen LogP) is 2.74. The molecule has 0 bridgehead atoms. The number of halogens is 1. The largest absolute Gasteiger partial charge is 0.324 e. The van der Waals surface area contributed by atoms with E-state index < -0.39 is 0 Å². The zero-order valence-corrected chi connectivity index (χ0v) is 12.1. The number of hydrogen-bond acceptors (Lipinski definition) is 3. The van der Waals surface area contributed by atoms with Crippen LogP contribution in [0, 0.1) is 0 Å². The number of fused-ring (bicyclic) bond motifs is 1. The molecular weight excluding hydrogens is 318 g/mol. The number of anilines is 1. The molecule has 20 heavy (non-hydrogen) atoms. The van der Waals surface area contributed by atoms with Crippen molar-refractivity contribution in [3.8, 4) is 0 Å². The summed E-state index contributed by atoms with van der Waals surface area (Å²) in [5, 5.41) is 7.26. The number of rotatable bonds is 1. The fraction of sp³-hybridized carbons (Fsp3) is 0.0667. The maximum Gasteiger partial charge on any atom is 0.245 e. The molecule has 1 aliphatic rings. The molecule has 0 atom stereocenters. The highest BCUT2D eigenvalue weighted by Crippen LogP contribution is 2.25. The van der Waals surface area contributed by atoms with E-state index in [1.807, 2.05) is 48.5 Å². The second-order valence-electron chi connectivity index (χ2n) is 4.40. The van der Waals surface area contributed by atoms with Gasteiger partial charge in [-0.15, -0.1) is 0 Å². The summed E-state index contributed by atoms with van der Waals surface area (Å²) in [6.45, 7) is 0.159. The minimum atomic E-state index is -0.107. The van der Waals surface area contributed by atoms with Gasteiger partial charge in [0.1, 0.15) is 6.54 Å². The Labute approximate surface area is 125 Å². The highest BCUT2D eigenvalue weighted by molar-refractivity contribution is 9.10. The lowest BCUT2D eigenvalue weighted by Gasteiger charge is -2.17. The first-order valence-electron chi connectivity index (χ1n) is 6.20. The van der Waals surface area contributed by atoms with Gasteiger partial charge >= 0.3 is 0 Å². The summed E-state index contributed by atoms with van der Waals surface area (Å²) in [5.74, 6) is -0.107. The monoisotopic (exact) mass is 329 g/mol. The summed E-state index contributed by atoms with van der Waals surface area (Å²) in [6.07, 6.45) is 0. The molecule has 5 heteroatoms. The van der Waals surface area contributed by atoms with Gasteiger partial charge in [0.15, 0.2) is 0 Å². The lowest BCUT2D eigenvalue weighted by atomic mass is 10.0. The van der Waals surface area contributed by atoms with Crippen molar-refractivity contribution in [2.75, 3.05) is 11.9 Å². The summed E-state index contributed by atoms with van der Waals surface area (Å²) < 4.78 is 0.940. The second-order valence-corrected chi connectivity index (χ2v) is 5.32. The van der Waals surface area contributed by atoms with Crippen LogP contribution in [0.2, 0.25) is 0 Å². The summed E-state index contributed by atoms with van der Waals surface area (Å²) in [7, 11) is 0. The van der Waals surface area contributed by atoms with Crippen LogP contribution >= 0.6 is 15.9 Å². The number of nitrogens with one attached hydrogen (secondary N) is 2. The molecule has 0 radical (unpaired) electrons. The lowest BCUT2D eigenvalue weighted by Crippen LogP contribution is -2.29. The normalized spacial score (nSPS) is 16.9. The molecule has 3 rings (SSSR count). The zero-order valence-electron chi connectivity index (χ0n) is 10.6. The molecule has 0 aliphatic carbocycles. The van der Waals surface area contributed by atoms with Gasteiger partial charge < -0.3 is 10.7 Å². The number of amides is 1. The Morgan fingerprint density at radius 2 is 1.90 bits per heavy atom. The first-order chi connectivity index (χ1) is 9.74. The first-order valence-corrected chi connectivity index (χ1v) is 6.99.